The minimum absolute atomic E-state index is 0.00750. The first-order valence-electron chi connectivity index (χ1n) is 8.66. The van der Waals surface area contributed by atoms with Gasteiger partial charge in [0.25, 0.3) is 17.7 Å². The number of ether oxygens (including phenoxy) is 2. The molecule has 11 heteroatoms. The SMILES string of the molecule is CCN1C(=O)C(=C2SC(OC(C)=O)=C(OC(C)=O)N2CC)C(=O)N(CC)C1=S. The van der Waals surface area contributed by atoms with Crippen LogP contribution in [0.25, 0.3) is 0 Å². The van der Waals surface area contributed by atoms with Gasteiger partial charge in [-0.15, -0.1) is 0 Å². The van der Waals surface area contributed by atoms with E-state index in [1.165, 1.54) is 28.5 Å². The van der Waals surface area contributed by atoms with Crippen LogP contribution in [0.4, 0.5) is 0 Å². The summed E-state index contributed by atoms with van der Waals surface area (Å²) in [6, 6.07) is 0. The molecule has 0 aromatic carbocycles. The van der Waals surface area contributed by atoms with Crippen molar-refractivity contribution < 1.29 is 28.7 Å². The Morgan fingerprint density at radius 3 is 1.75 bits per heavy atom. The van der Waals surface area contributed by atoms with Gasteiger partial charge in [-0.1, -0.05) is 0 Å². The Morgan fingerprint density at radius 1 is 0.893 bits per heavy atom. The zero-order valence-corrected chi connectivity index (χ0v) is 17.9. The summed E-state index contributed by atoms with van der Waals surface area (Å²) >= 11 is 6.15. The molecule has 1 fully saturated rings. The van der Waals surface area contributed by atoms with Gasteiger partial charge in [-0.05, 0) is 44.8 Å². The Labute approximate surface area is 172 Å². The highest BCUT2D eigenvalue weighted by Crippen LogP contribution is 2.45. The van der Waals surface area contributed by atoms with E-state index in [0.29, 0.717) is 0 Å². The summed E-state index contributed by atoms with van der Waals surface area (Å²) in [4.78, 5) is 53.1. The van der Waals surface area contributed by atoms with Gasteiger partial charge in [-0.25, -0.2) is 0 Å². The molecule has 9 nitrogen and oxygen atoms in total. The largest absolute Gasteiger partial charge is 0.413 e. The minimum Gasteiger partial charge on any atom is -0.413 e. The first-order valence-corrected chi connectivity index (χ1v) is 9.88. The number of thioether (sulfide) groups is 1. The zero-order chi connectivity index (χ0) is 21.2. The van der Waals surface area contributed by atoms with E-state index in [-0.39, 0.29) is 46.3 Å². The lowest BCUT2D eigenvalue weighted by Crippen LogP contribution is -2.56. The number of rotatable bonds is 5. The lowest BCUT2D eigenvalue weighted by Gasteiger charge is -2.36. The molecule has 0 unspecified atom stereocenters. The number of amides is 2. The second kappa shape index (κ2) is 8.74. The molecule has 2 aliphatic heterocycles. The van der Waals surface area contributed by atoms with Crippen LogP contribution in [0, 0.1) is 0 Å². The molecule has 28 heavy (non-hydrogen) atoms. The molecule has 152 valence electrons. The third kappa shape index (κ3) is 3.90. The minimum atomic E-state index is -0.627. The Balaban J connectivity index is 2.62. The lowest BCUT2D eigenvalue weighted by molar-refractivity contribution is -0.141. The molecule has 0 N–H and O–H groups in total. The summed E-state index contributed by atoms with van der Waals surface area (Å²) in [5.74, 6) is -2.37. The quantitative estimate of drug-likeness (QED) is 0.280. The molecule has 2 aliphatic rings. The molecule has 1 saturated heterocycles. The smallest absolute Gasteiger partial charge is 0.309 e. The van der Waals surface area contributed by atoms with E-state index in [1.807, 2.05) is 0 Å². The Hall–Kier alpha value is -2.40. The van der Waals surface area contributed by atoms with Crippen LogP contribution in [0.5, 0.6) is 0 Å². The van der Waals surface area contributed by atoms with Gasteiger partial charge in [-0.3, -0.25) is 29.0 Å². The first kappa shape index (κ1) is 21.9. The number of hydrogen-bond donors (Lipinski definition) is 0. The van der Waals surface area contributed by atoms with Crippen molar-refractivity contribution in [3.63, 3.8) is 0 Å². The Morgan fingerprint density at radius 2 is 1.36 bits per heavy atom. The molecule has 0 spiro atoms. The fourth-order valence-electron chi connectivity index (χ4n) is 2.71. The second-order valence-electron chi connectivity index (χ2n) is 5.69. The molecule has 0 saturated carbocycles. The summed E-state index contributed by atoms with van der Waals surface area (Å²) in [6.07, 6.45) is 0. The highest BCUT2D eigenvalue weighted by molar-refractivity contribution is 8.06. The molecule has 2 heterocycles. The molecule has 0 aromatic heterocycles. The fraction of sp³-hybridized carbons (Fsp3) is 0.471. The Kier molecular flexibility index (Phi) is 6.83. The average Bonchev–Trinajstić information content (AvgIpc) is 2.91. The van der Waals surface area contributed by atoms with E-state index in [9.17, 15) is 19.2 Å². The van der Waals surface area contributed by atoms with Crippen LogP contribution in [-0.4, -0.2) is 63.2 Å². The summed E-state index contributed by atoms with van der Waals surface area (Å²) < 4.78 is 10.4. The Bertz CT molecular complexity index is 792. The van der Waals surface area contributed by atoms with Crippen molar-refractivity contribution in [2.24, 2.45) is 0 Å². The van der Waals surface area contributed by atoms with Gasteiger partial charge in [0.15, 0.2) is 5.11 Å². The van der Waals surface area contributed by atoms with Gasteiger partial charge in [0.05, 0.1) is 0 Å². The maximum absolute atomic E-state index is 13.0. The average molecular weight is 428 g/mol. The molecular weight excluding hydrogens is 406 g/mol. The van der Waals surface area contributed by atoms with Crippen LogP contribution in [0.2, 0.25) is 0 Å². The van der Waals surface area contributed by atoms with Crippen LogP contribution in [0.3, 0.4) is 0 Å². The standard InChI is InChI=1S/C17H21N3O6S2/c1-6-18-12(23)11(13(24)19(7-2)17(18)27)15-20(8-3)14(25-9(4)21)16(28-15)26-10(5)22/h6-8H2,1-5H3. The molecule has 0 aromatic rings. The zero-order valence-electron chi connectivity index (χ0n) is 16.2. The number of nitrogens with zero attached hydrogens (tertiary/aromatic N) is 3. The van der Waals surface area contributed by atoms with Crippen LogP contribution in [0.1, 0.15) is 34.6 Å². The summed E-state index contributed by atoms with van der Waals surface area (Å²) in [7, 11) is 0. The molecule has 2 rings (SSSR count). The molecule has 0 atom stereocenters. The maximum Gasteiger partial charge on any atom is 0.309 e. The topological polar surface area (TPSA) is 96.5 Å². The second-order valence-corrected chi connectivity index (χ2v) is 7.01. The normalized spacial score (nSPS) is 17.8. The molecule has 2 amide bonds. The lowest BCUT2D eigenvalue weighted by atomic mass is 10.1. The highest BCUT2D eigenvalue weighted by Gasteiger charge is 2.45. The molecule has 0 aliphatic carbocycles. The van der Waals surface area contributed by atoms with E-state index in [4.69, 9.17) is 21.7 Å². The third-order valence-corrected chi connectivity index (χ3v) is 5.38. The van der Waals surface area contributed by atoms with Crippen LogP contribution < -0.4 is 0 Å². The molecular formula is C17H21N3O6S2. The van der Waals surface area contributed by atoms with Crippen molar-refractivity contribution in [1.29, 1.82) is 0 Å². The van der Waals surface area contributed by atoms with Crippen molar-refractivity contribution in [1.82, 2.24) is 14.7 Å². The van der Waals surface area contributed by atoms with Crippen molar-refractivity contribution in [3.05, 3.63) is 21.6 Å². The van der Waals surface area contributed by atoms with E-state index in [1.54, 1.807) is 20.8 Å². The maximum atomic E-state index is 13.0. The highest BCUT2D eigenvalue weighted by atomic mass is 32.2. The summed E-state index contributed by atoms with van der Waals surface area (Å²) in [5, 5.41) is 0.361. The monoisotopic (exact) mass is 427 g/mol. The fourth-order valence-corrected chi connectivity index (χ4v) is 4.31. The predicted molar refractivity (Wildman–Crippen MR) is 105 cm³/mol. The van der Waals surface area contributed by atoms with Crippen molar-refractivity contribution >= 4 is 52.8 Å². The number of likely N-dealkylation sites (N-methyl/N-ethyl adjacent to an activating group) is 2. The van der Waals surface area contributed by atoms with Crippen LogP contribution >= 0.6 is 24.0 Å². The van der Waals surface area contributed by atoms with Gasteiger partial charge in [0, 0.05) is 33.5 Å². The van der Waals surface area contributed by atoms with E-state index in [0.717, 1.165) is 11.8 Å². The number of esters is 2. The predicted octanol–water partition coefficient (Wildman–Crippen LogP) is 1.51. The molecule has 0 bridgehead atoms. The molecule has 0 radical (unpaired) electrons. The van der Waals surface area contributed by atoms with Gasteiger partial charge in [-0.2, -0.15) is 0 Å². The van der Waals surface area contributed by atoms with Gasteiger partial charge in [0.1, 0.15) is 10.6 Å². The van der Waals surface area contributed by atoms with Crippen LogP contribution in [-0.2, 0) is 28.7 Å². The van der Waals surface area contributed by atoms with Crippen molar-refractivity contribution in [2.75, 3.05) is 19.6 Å². The van der Waals surface area contributed by atoms with E-state index < -0.39 is 23.8 Å². The van der Waals surface area contributed by atoms with Crippen molar-refractivity contribution in [3.8, 4) is 0 Å². The van der Waals surface area contributed by atoms with E-state index in [2.05, 4.69) is 0 Å². The van der Waals surface area contributed by atoms with E-state index >= 15 is 0 Å². The summed E-state index contributed by atoms with van der Waals surface area (Å²) in [5.41, 5.74) is -0.115. The van der Waals surface area contributed by atoms with Crippen LogP contribution in [0.15, 0.2) is 21.6 Å². The first-order chi connectivity index (χ1) is 13.2. The van der Waals surface area contributed by atoms with Gasteiger partial charge >= 0.3 is 11.9 Å². The van der Waals surface area contributed by atoms with Crippen molar-refractivity contribution in [2.45, 2.75) is 34.6 Å². The number of carbonyl (C=O) groups is 4. The number of hydrogen-bond acceptors (Lipinski definition) is 9. The van der Waals surface area contributed by atoms with Gasteiger partial charge < -0.3 is 14.4 Å². The third-order valence-electron chi connectivity index (χ3n) is 3.87. The summed E-state index contributed by atoms with van der Waals surface area (Å²) in [6.45, 7) is 8.50. The number of carbonyl (C=O) groups excluding carboxylic acids is 4. The van der Waals surface area contributed by atoms with Gasteiger partial charge in [0.2, 0.25) is 5.09 Å². The number of thiocarbonyl (C=S) groups is 1.